The van der Waals surface area contributed by atoms with Gasteiger partial charge in [-0.05, 0) is 63.9 Å². The molecule has 0 fully saturated rings. The molecule has 3 nitrogen and oxygen atoms in total. The first-order valence-corrected chi connectivity index (χ1v) is 9.13. The summed E-state index contributed by atoms with van der Waals surface area (Å²) in [5.74, 6) is 0.899. The average Bonchev–Trinajstić information content (AvgIpc) is 2.58. The Morgan fingerprint density at radius 2 is 1.64 bits per heavy atom. The largest absolute Gasteiger partial charge is 0.491 e. The fraction of sp³-hybridized carbons (Fsp3) is 0.455. The van der Waals surface area contributed by atoms with Gasteiger partial charge in [0.1, 0.15) is 18.5 Å². The van der Waals surface area contributed by atoms with E-state index in [0.29, 0.717) is 13.2 Å². The molecule has 1 atom stereocenters. The zero-order chi connectivity index (χ0) is 18.1. The number of rotatable bonds is 10. The fourth-order valence-electron chi connectivity index (χ4n) is 2.91. The quantitative estimate of drug-likeness (QED) is 0.666. The Morgan fingerprint density at radius 3 is 2.36 bits per heavy atom. The number of ether oxygens (including phenoxy) is 1. The normalized spacial score (nSPS) is 12.4. The number of aliphatic hydroxyl groups excluding tert-OH is 1. The second kappa shape index (κ2) is 10.2. The number of nitrogens with zero attached hydrogens (tertiary/aromatic N) is 1. The van der Waals surface area contributed by atoms with E-state index in [1.54, 1.807) is 0 Å². The van der Waals surface area contributed by atoms with E-state index in [-0.39, 0.29) is 0 Å². The van der Waals surface area contributed by atoms with Gasteiger partial charge in [0.15, 0.2) is 0 Å². The molecule has 0 bridgehead atoms. The van der Waals surface area contributed by atoms with Crippen LogP contribution in [0, 0.1) is 6.92 Å². The molecular weight excluding hydrogens is 310 g/mol. The molecule has 1 N–H and O–H groups in total. The summed E-state index contributed by atoms with van der Waals surface area (Å²) in [6.45, 7) is 3.06. The van der Waals surface area contributed by atoms with Crippen LogP contribution in [-0.2, 0) is 12.8 Å². The van der Waals surface area contributed by atoms with Crippen LogP contribution in [0.15, 0.2) is 48.5 Å². The van der Waals surface area contributed by atoms with Crippen molar-refractivity contribution in [3.05, 3.63) is 65.2 Å². The number of hydrogen-bond acceptors (Lipinski definition) is 3. The zero-order valence-corrected chi connectivity index (χ0v) is 15.7. The third-order valence-corrected chi connectivity index (χ3v) is 4.26. The van der Waals surface area contributed by atoms with Gasteiger partial charge in [0.05, 0.1) is 0 Å². The minimum atomic E-state index is -0.468. The molecule has 0 saturated carbocycles. The van der Waals surface area contributed by atoms with Crippen LogP contribution >= 0.6 is 0 Å². The van der Waals surface area contributed by atoms with Crippen molar-refractivity contribution in [2.75, 3.05) is 27.2 Å². The fourth-order valence-corrected chi connectivity index (χ4v) is 2.91. The van der Waals surface area contributed by atoms with E-state index in [2.05, 4.69) is 43.3 Å². The van der Waals surface area contributed by atoms with Gasteiger partial charge in [-0.3, -0.25) is 0 Å². The Labute approximate surface area is 152 Å². The second-order valence-electron chi connectivity index (χ2n) is 7.03. The van der Waals surface area contributed by atoms with Crippen LogP contribution in [0.4, 0.5) is 0 Å². The Kier molecular flexibility index (Phi) is 7.96. The Balaban J connectivity index is 1.78. The lowest BCUT2D eigenvalue weighted by atomic mass is 10.0. The van der Waals surface area contributed by atoms with Crippen molar-refractivity contribution in [2.24, 2.45) is 0 Å². The van der Waals surface area contributed by atoms with Gasteiger partial charge in [-0.2, -0.15) is 0 Å². The maximum absolute atomic E-state index is 9.96. The lowest BCUT2D eigenvalue weighted by molar-refractivity contribution is 0.0827. The molecule has 2 rings (SSSR count). The monoisotopic (exact) mass is 341 g/mol. The van der Waals surface area contributed by atoms with Crippen molar-refractivity contribution in [1.29, 1.82) is 0 Å². The summed E-state index contributed by atoms with van der Waals surface area (Å²) in [7, 11) is 3.90. The third-order valence-electron chi connectivity index (χ3n) is 4.26. The molecule has 0 spiro atoms. The highest BCUT2D eigenvalue weighted by atomic mass is 16.5. The minimum absolute atomic E-state index is 0.332. The van der Waals surface area contributed by atoms with Gasteiger partial charge in [-0.25, -0.2) is 0 Å². The number of benzene rings is 2. The molecule has 3 heteroatoms. The molecule has 0 saturated heterocycles. The molecule has 0 aliphatic rings. The summed E-state index contributed by atoms with van der Waals surface area (Å²) in [6, 6.07) is 17.0. The third kappa shape index (κ3) is 7.29. The van der Waals surface area contributed by atoms with Gasteiger partial charge < -0.3 is 14.7 Å². The van der Waals surface area contributed by atoms with Crippen molar-refractivity contribution in [1.82, 2.24) is 4.90 Å². The van der Waals surface area contributed by atoms with E-state index < -0.39 is 6.10 Å². The van der Waals surface area contributed by atoms with E-state index >= 15 is 0 Å². The van der Waals surface area contributed by atoms with Crippen molar-refractivity contribution >= 4 is 0 Å². The lowest BCUT2D eigenvalue weighted by Crippen LogP contribution is -2.30. The molecule has 25 heavy (non-hydrogen) atoms. The second-order valence-corrected chi connectivity index (χ2v) is 7.03. The van der Waals surface area contributed by atoms with Crippen molar-refractivity contribution in [3.8, 4) is 5.75 Å². The summed E-state index contributed by atoms with van der Waals surface area (Å²) in [6.07, 6.45) is 3.95. The van der Waals surface area contributed by atoms with Gasteiger partial charge in [0.2, 0.25) is 0 Å². The lowest BCUT2D eigenvalue weighted by Gasteiger charge is -2.18. The molecule has 1 unspecified atom stereocenters. The highest BCUT2D eigenvalue weighted by Crippen LogP contribution is 2.21. The smallest absolute Gasteiger partial charge is 0.122 e. The van der Waals surface area contributed by atoms with E-state index in [1.807, 2.05) is 31.1 Å². The molecule has 0 heterocycles. The van der Waals surface area contributed by atoms with Gasteiger partial charge >= 0.3 is 0 Å². The predicted octanol–water partition coefficient (Wildman–Crippen LogP) is 3.86. The van der Waals surface area contributed by atoms with Crippen molar-refractivity contribution in [3.63, 3.8) is 0 Å². The van der Waals surface area contributed by atoms with E-state index in [4.69, 9.17) is 4.74 Å². The molecular formula is C22H31NO2. The molecule has 2 aromatic rings. The van der Waals surface area contributed by atoms with Crippen LogP contribution in [-0.4, -0.2) is 43.4 Å². The molecule has 0 aliphatic carbocycles. The Bertz CT molecular complexity index is 622. The number of para-hydroxylation sites is 1. The molecule has 0 radical (unpaired) electrons. The minimum Gasteiger partial charge on any atom is -0.491 e. The molecule has 0 amide bonds. The summed E-state index contributed by atoms with van der Waals surface area (Å²) in [5.41, 5.74) is 3.94. The van der Waals surface area contributed by atoms with Gasteiger partial charge in [0, 0.05) is 6.54 Å². The Morgan fingerprint density at radius 1 is 0.960 bits per heavy atom. The van der Waals surface area contributed by atoms with E-state index in [9.17, 15) is 5.11 Å². The topological polar surface area (TPSA) is 32.7 Å². The van der Waals surface area contributed by atoms with Crippen LogP contribution < -0.4 is 4.74 Å². The van der Waals surface area contributed by atoms with E-state index in [0.717, 1.165) is 25.0 Å². The number of likely N-dealkylation sites (N-methyl/N-ethyl adjacent to an activating group) is 1. The summed E-state index contributed by atoms with van der Waals surface area (Å²) >= 11 is 0. The molecule has 0 aromatic heterocycles. The van der Waals surface area contributed by atoms with Crippen LogP contribution in [0.1, 0.15) is 29.5 Å². The van der Waals surface area contributed by atoms with Crippen LogP contribution in [0.3, 0.4) is 0 Å². The van der Waals surface area contributed by atoms with Crippen molar-refractivity contribution < 1.29 is 9.84 Å². The van der Waals surface area contributed by atoms with Gasteiger partial charge in [-0.1, -0.05) is 48.0 Å². The molecule has 2 aromatic carbocycles. The summed E-state index contributed by atoms with van der Waals surface area (Å²) in [4.78, 5) is 1.96. The predicted molar refractivity (Wildman–Crippen MR) is 104 cm³/mol. The zero-order valence-electron chi connectivity index (χ0n) is 15.7. The van der Waals surface area contributed by atoms with Crippen LogP contribution in [0.2, 0.25) is 0 Å². The Hall–Kier alpha value is -1.84. The first kappa shape index (κ1) is 19.5. The maximum Gasteiger partial charge on any atom is 0.122 e. The summed E-state index contributed by atoms with van der Waals surface area (Å²) in [5, 5.41) is 9.96. The first-order valence-electron chi connectivity index (χ1n) is 9.13. The number of unbranched alkanes of at least 4 members (excludes halogenated alkanes) is 1. The average molecular weight is 341 g/mol. The maximum atomic E-state index is 9.96. The van der Waals surface area contributed by atoms with Crippen molar-refractivity contribution in [2.45, 2.75) is 38.7 Å². The number of aryl methyl sites for hydroxylation is 3. The van der Waals surface area contributed by atoms with Crippen LogP contribution in [0.25, 0.3) is 0 Å². The van der Waals surface area contributed by atoms with Gasteiger partial charge in [-0.15, -0.1) is 0 Å². The van der Waals surface area contributed by atoms with Gasteiger partial charge in [0.25, 0.3) is 0 Å². The highest BCUT2D eigenvalue weighted by molar-refractivity contribution is 5.33. The first-order chi connectivity index (χ1) is 12.0. The van der Waals surface area contributed by atoms with E-state index in [1.165, 1.54) is 23.1 Å². The SMILES string of the molecule is Cc1ccc(CCCCc2ccccc2OCC(O)CN(C)C)cc1. The summed E-state index contributed by atoms with van der Waals surface area (Å²) < 4.78 is 5.85. The molecule has 0 aliphatic heterocycles. The number of hydrogen-bond donors (Lipinski definition) is 1. The standard InChI is InChI=1S/C22H31NO2/c1-18-12-14-19(15-13-18)8-4-5-9-20-10-6-7-11-22(20)25-17-21(24)16-23(2)3/h6-7,10-15,21,24H,4-5,8-9,16-17H2,1-3H3. The molecule has 136 valence electrons. The highest BCUT2D eigenvalue weighted by Gasteiger charge is 2.09. The number of aliphatic hydroxyl groups is 1. The van der Waals surface area contributed by atoms with Crippen LogP contribution in [0.5, 0.6) is 5.75 Å².